The van der Waals surface area contributed by atoms with Crippen molar-refractivity contribution in [2.24, 2.45) is 11.8 Å². The molecule has 0 aromatic heterocycles. The van der Waals surface area contributed by atoms with E-state index < -0.39 is 0 Å². The molecule has 2 rings (SSSR count). The lowest BCUT2D eigenvalue weighted by Gasteiger charge is -2.44. The van der Waals surface area contributed by atoms with Crippen molar-refractivity contribution in [1.82, 2.24) is 5.43 Å². The maximum atomic E-state index is 13.7. The summed E-state index contributed by atoms with van der Waals surface area (Å²) < 4.78 is 20.1. The molecule has 0 spiro atoms. The molecule has 1 aliphatic carbocycles. The molecule has 1 fully saturated rings. The van der Waals surface area contributed by atoms with Crippen molar-refractivity contribution >= 4 is 15.9 Å². The van der Waals surface area contributed by atoms with Crippen LogP contribution >= 0.6 is 15.9 Å². The van der Waals surface area contributed by atoms with Crippen LogP contribution in [0.15, 0.2) is 22.7 Å². The van der Waals surface area contributed by atoms with E-state index in [0.717, 1.165) is 37.2 Å². The van der Waals surface area contributed by atoms with Gasteiger partial charge >= 0.3 is 0 Å². The van der Waals surface area contributed by atoms with Gasteiger partial charge in [-0.25, -0.2) is 4.39 Å². The van der Waals surface area contributed by atoms with E-state index in [1.165, 1.54) is 6.07 Å². The number of hydrogen-bond donors (Lipinski definition) is 2. The largest absolute Gasteiger partial charge is 0.377 e. The summed E-state index contributed by atoms with van der Waals surface area (Å²) in [6.45, 7) is 2.27. The van der Waals surface area contributed by atoms with Crippen molar-refractivity contribution in [1.29, 1.82) is 0 Å². The molecule has 0 heterocycles. The molecule has 0 bridgehead atoms. The predicted molar refractivity (Wildman–Crippen MR) is 86.3 cm³/mol. The van der Waals surface area contributed by atoms with Gasteiger partial charge in [0, 0.05) is 7.11 Å². The molecule has 1 aromatic carbocycles. The quantitative estimate of drug-likeness (QED) is 0.624. The first-order valence-electron chi connectivity index (χ1n) is 7.46. The molecule has 0 amide bonds. The predicted octanol–water partition coefficient (Wildman–Crippen LogP) is 3.56. The van der Waals surface area contributed by atoms with Crippen molar-refractivity contribution in [2.75, 3.05) is 7.11 Å². The fourth-order valence-electron chi connectivity index (χ4n) is 3.27. The van der Waals surface area contributed by atoms with E-state index in [2.05, 4.69) is 28.3 Å². The molecule has 1 atom stereocenters. The fraction of sp³-hybridized carbons (Fsp3) is 0.625. The first-order chi connectivity index (χ1) is 10.0. The third kappa shape index (κ3) is 3.65. The van der Waals surface area contributed by atoms with Crippen LogP contribution in [0.2, 0.25) is 0 Å². The third-order valence-corrected chi connectivity index (χ3v) is 5.71. The van der Waals surface area contributed by atoms with E-state index in [0.29, 0.717) is 10.9 Å². The molecule has 5 heteroatoms. The maximum absolute atomic E-state index is 13.7. The summed E-state index contributed by atoms with van der Waals surface area (Å²) in [5, 5.41) is 0. The molecule has 0 aliphatic heterocycles. The number of halogens is 2. The lowest BCUT2D eigenvalue weighted by Crippen LogP contribution is -2.57. The molecule has 0 saturated heterocycles. The Labute approximate surface area is 134 Å². The maximum Gasteiger partial charge on any atom is 0.137 e. The van der Waals surface area contributed by atoms with Gasteiger partial charge in [0.2, 0.25) is 0 Å². The Morgan fingerprint density at radius 2 is 2.14 bits per heavy atom. The van der Waals surface area contributed by atoms with Crippen LogP contribution in [0.5, 0.6) is 0 Å². The highest BCUT2D eigenvalue weighted by Gasteiger charge is 2.41. The van der Waals surface area contributed by atoms with Gasteiger partial charge in [0.05, 0.1) is 16.1 Å². The van der Waals surface area contributed by atoms with Crippen molar-refractivity contribution in [3.63, 3.8) is 0 Å². The number of ether oxygens (including phenoxy) is 1. The molecule has 0 radical (unpaired) electrons. The van der Waals surface area contributed by atoms with E-state index in [-0.39, 0.29) is 17.5 Å². The van der Waals surface area contributed by atoms with Crippen LogP contribution in [0.3, 0.4) is 0 Å². The molecular weight excluding hydrogens is 335 g/mol. The highest BCUT2D eigenvalue weighted by Crippen LogP contribution is 2.38. The Kier molecular flexibility index (Phi) is 5.77. The van der Waals surface area contributed by atoms with Crippen LogP contribution in [-0.2, 0) is 11.2 Å². The van der Waals surface area contributed by atoms with E-state index in [4.69, 9.17) is 10.6 Å². The zero-order valence-electron chi connectivity index (χ0n) is 12.7. The zero-order valence-corrected chi connectivity index (χ0v) is 14.2. The SMILES string of the molecule is COC1(C(Cc2cccc(F)c2Br)NN)CCC(C)CC1. The Bertz CT molecular complexity index is 475. The zero-order chi connectivity index (χ0) is 15.5. The average Bonchev–Trinajstić information content (AvgIpc) is 2.50. The number of nitrogens with two attached hydrogens (primary N) is 1. The first-order valence-corrected chi connectivity index (χ1v) is 8.26. The van der Waals surface area contributed by atoms with Gasteiger partial charge in [-0.15, -0.1) is 0 Å². The summed E-state index contributed by atoms with van der Waals surface area (Å²) in [4.78, 5) is 0. The molecule has 1 aliphatic rings. The first kappa shape index (κ1) is 16.9. The van der Waals surface area contributed by atoms with Crippen LogP contribution in [0.1, 0.15) is 38.2 Å². The van der Waals surface area contributed by atoms with Crippen LogP contribution in [-0.4, -0.2) is 18.8 Å². The van der Waals surface area contributed by atoms with Crippen LogP contribution in [0.4, 0.5) is 4.39 Å². The highest BCUT2D eigenvalue weighted by atomic mass is 79.9. The normalized spacial score (nSPS) is 27.6. The van der Waals surface area contributed by atoms with Gasteiger partial charge < -0.3 is 4.74 Å². The Balaban J connectivity index is 2.20. The molecule has 21 heavy (non-hydrogen) atoms. The van der Waals surface area contributed by atoms with E-state index in [9.17, 15) is 4.39 Å². The highest BCUT2D eigenvalue weighted by molar-refractivity contribution is 9.10. The van der Waals surface area contributed by atoms with Gasteiger partial charge in [-0.3, -0.25) is 11.3 Å². The summed E-state index contributed by atoms with van der Waals surface area (Å²) >= 11 is 3.33. The lowest BCUT2D eigenvalue weighted by molar-refractivity contribution is -0.0747. The fourth-order valence-corrected chi connectivity index (χ4v) is 3.69. The average molecular weight is 359 g/mol. The van der Waals surface area contributed by atoms with E-state index in [1.807, 2.05) is 6.07 Å². The van der Waals surface area contributed by atoms with Gasteiger partial charge in [0.25, 0.3) is 0 Å². The third-order valence-electron chi connectivity index (χ3n) is 4.82. The second kappa shape index (κ2) is 7.18. The van der Waals surface area contributed by atoms with Gasteiger partial charge in [0.1, 0.15) is 5.82 Å². The molecule has 3 N–H and O–H groups in total. The second-order valence-electron chi connectivity index (χ2n) is 6.09. The number of hydrogen-bond acceptors (Lipinski definition) is 3. The lowest BCUT2D eigenvalue weighted by atomic mass is 9.74. The van der Waals surface area contributed by atoms with Crippen molar-refractivity contribution < 1.29 is 9.13 Å². The van der Waals surface area contributed by atoms with Crippen LogP contribution < -0.4 is 11.3 Å². The smallest absolute Gasteiger partial charge is 0.137 e. The standard InChI is InChI=1S/C16H24BrFN2O/c1-11-6-8-16(21-2,9-7-11)14(20-19)10-12-4-3-5-13(18)15(12)17/h3-5,11,14,20H,6-10,19H2,1-2H3. The number of rotatable bonds is 5. The number of benzene rings is 1. The number of nitrogens with one attached hydrogen (secondary N) is 1. The minimum Gasteiger partial charge on any atom is -0.377 e. The monoisotopic (exact) mass is 358 g/mol. The van der Waals surface area contributed by atoms with Crippen molar-refractivity contribution in [3.05, 3.63) is 34.1 Å². The Morgan fingerprint density at radius 3 is 2.71 bits per heavy atom. The molecule has 118 valence electrons. The van der Waals surface area contributed by atoms with Crippen molar-refractivity contribution in [3.8, 4) is 0 Å². The van der Waals surface area contributed by atoms with Gasteiger partial charge in [-0.1, -0.05) is 19.1 Å². The molecule has 1 aromatic rings. The summed E-state index contributed by atoms with van der Waals surface area (Å²) in [7, 11) is 1.75. The summed E-state index contributed by atoms with van der Waals surface area (Å²) in [5.74, 6) is 6.28. The van der Waals surface area contributed by atoms with Gasteiger partial charge in [-0.05, 0) is 65.6 Å². The molecule has 1 unspecified atom stereocenters. The van der Waals surface area contributed by atoms with Crippen molar-refractivity contribution in [2.45, 2.75) is 50.7 Å². The topological polar surface area (TPSA) is 47.3 Å². The number of methoxy groups -OCH3 is 1. The summed E-state index contributed by atoms with van der Waals surface area (Å²) in [6.07, 6.45) is 4.86. The Hall–Kier alpha value is -0.490. The minimum atomic E-state index is -0.271. The van der Waals surface area contributed by atoms with Gasteiger partial charge in [-0.2, -0.15) is 0 Å². The number of hydrazine groups is 1. The van der Waals surface area contributed by atoms with Crippen LogP contribution in [0.25, 0.3) is 0 Å². The van der Waals surface area contributed by atoms with Gasteiger partial charge in [0.15, 0.2) is 0 Å². The van der Waals surface area contributed by atoms with E-state index >= 15 is 0 Å². The molecule has 3 nitrogen and oxygen atoms in total. The second-order valence-corrected chi connectivity index (χ2v) is 6.88. The summed E-state index contributed by atoms with van der Waals surface area (Å²) in [6, 6.07) is 5.07. The Morgan fingerprint density at radius 1 is 1.48 bits per heavy atom. The summed E-state index contributed by atoms with van der Waals surface area (Å²) in [5.41, 5.74) is 3.54. The molecule has 1 saturated carbocycles. The van der Waals surface area contributed by atoms with E-state index in [1.54, 1.807) is 13.2 Å². The molecular formula is C16H24BrFN2O. The minimum absolute atomic E-state index is 0.0342. The van der Waals surface area contributed by atoms with Crippen LogP contribution in [0, 0.1) is 11.7 Å².